The van der Waals surface area contributed by atoms with Crippen molar-refractivity contribution in [3.63, 3.8) is 0 Å². The Hall–Kier alpha value is -1.92. The second-order valence-electron chi connectivity index (χ2n) is 9.87. The normalized spacial score (nSPS) is 27.2. The predicted molar refractivity (Wildman–Crippen MR) is 130 cm³/mol. The van der Waals surface area contributed by atoms with Crippen LogP contribution >= 0.6 is 0 Å². The maximum atomic E-state index is 13.3. The van der Waals surface area contributed by atoms with Crippen LogP contribution in [-0.4, -0.2) is 96.9 Å². The van der Waals surface area contributed by atoms with Crippen molar-refractivity contribution in [2.45, 2.75) is 52.6 Å². The van der Waals surface area contributed by atoms with Crippen molar-refractivity contribution in [3.8, 4) is 0 Å². The third-order valence-corrected chi connectivity index (χ3v) is 7.77. The number of benzene rings is 1. The maximum Gasteiger partial charge on any atom is 0.253 e. The van der Waals surface area contributed by atoms with Crippen LogP contribution in [0.3, 0.4) is 0 Å². The number of hydrogen-bond donors (Lipinski definition) is 0. The molecule has 0 spiro atoms. The summed E-state index contributed by atoms with van der Waals surface area (Å²) in [5.74, 6) is 0.885. The molecule has 3 rings (SSSR count). The van der Waals surface area contributed by atoms with Gasteiger partial charge in [-0.2, -0.15) is 0 Å². The van der Waals surface area contributed by atoms with Crippen molar-refractivity contribution in [1.29, 1.82) is 0 Å². The summed E-state index contributed by atoms with van der Waals surface area (Å²) in [5, 5.41) is 0. The first-order valence-electron chi connectivity index (χ1n) is 12.4. The van der Waals surface area contributed by atoms with Gasteiger partial charge in [-0.15, -0.1) is 0 Å². The highest BCUT2D eigenvalue weighted by Crippen LogP contribution is 2.25. The Balaban J connectivity index is 1.69. The number of piperidine rings is 2. The molecular weight excluding hydrogens is 400 g/mol. The fourth-order valence-electron chi connectivity index (χ4n) is 5.66. The van der Waals surface area contributed by atoms with Crippen molar-refractivity contribution in [2.75, 3.05) is 53.4 Å². The van der Waals surface area contributed by atoms with E-state index in [1.807, 2.05) is 42.1 Å². The molecule has 0 saturated carbocycles. The van der Waals surface area contributed by atoms with Gasteiger partial charge in [0, 0.05) is 63.5 Å². The SMILES string of the molecule is CCN1CCC(N(C)C(=O)c2cccc(C(=O)N(C)C3CCN(CC)CC3C)c2)C(C)C1. The zero-order chi connectivity index (χ0) is 23.4. The van der Waals surface area contributed by atoms with Crippen LogP contribution in [0.2, 0.25) is 0 Å². The molecule has 0 radical (unpaired) electrons. The highest BCUT2D eigenvalue weighted by Gasteiger charge is 2.33. The van der Waals surface area contributed by atoms with Crippen LogP contribution in [0.15, 0.2) is 24.3 Å². The van der Waals surface area contributed by atoms with Gasteiger partial charge in [-0.3, -0.25) is 9.59 Å². The fraction of sp³-hybridized carbons (Fsp3) is 0.692. The Morgan fingerprint density at radius 2 is 1.25 bits per heavy atom. The number of rotatable bonds is 6. The Labute approximate surface area is 194 Å². The second-order valence-corrected chi connectivity index (χ2v) is 9.87. The molecule has 1 aromatic carbocycles. The molecule has 4 unspecified atom stereocenters. The molecule has 0 N–H and O–H groups in total. The van der Waals surface area contributed by atoms with Crippen molar-refractivity contribution in [1.82, 2.24) is 19.6 Å². The summed E-state index contributed by atoms with van der Waals surface area (Å²) in [6, 6.07) is 7.77. The van der Waals surface area contributed by atoms with Crippen LogP contribution in [0, 0.1) is 11.8 Å². The Bertz CT molecular complexity index is 737. The van der Waals surface area contributed by atoms with Gasteiger partial charge in [0.05, 0.1) is 0 Å². The minimum atomic E-state index is 0.00808. The van der Waals surface area contributed by atoms with E-state index in [4.69, 9.17) is 0 Å². The number of carbonyl (C=O) groups is 2. The molecule has 6 heteroatoms. The fourth-order valence-corrected chi connectivity index (χ4v) is 5.66. The van der Waals surface area contributed by atoms with Crippen LogP contribution in [0.5, 0.6) is 0 Å². The summed E-state index contributed by atoms with van der Waals surface area (Å²) >= 11 is 0. The summed E-state index contributed by atoms with van der Waals surface area (Å²) in [6.07, 6.45) is 1.99. The molecule has 1 aromatic rings. The first-order valence-corrected chi connectivity index (χ1v) is 12.4. The van der Waals surface area contributed by atoms with E-state index in [1.165, 1.54) is 0 Å². The molecule has 0 bridgehead atoms. The average molecular weight is 443 g/mol. The van der Waals surface area contributed by atoms with Gasteiger partial charge in [-0.1, -0.05) is 33.8 Å². The number of nitrogens with zero attached hydrogens (tertiary/aromatic N) is 4. The summed E-state index contributed by atoms with van der Waals surface area (Å²) < 4.78 is 0. The lowest BCUT2D eigenvalue weighted by Crippen LogP contribution is -2.51. The molecule has 2 aliphatic rings. The Morgan fingerprint density at radius 3 is 1.59 bits per heavy atom. The molecule has 2 heterocycles. The van der Waals surface area contributed by atoms with Gasteiger partial charge in [0.25, 0.3) is 11.8 Å². The van der Waals surface area contributed by atoms with Crippen molar-refractivity contribution < 1.29 is 9.59 Å². The van der Waals surface area contributed by atoms with Crippen LogP contribution in [-0.2, 0) is 0 Å². The summed E-state index contributed by atoms with van der Waals surface area (Å²) in [7, 11) is 3.82. The monoisotopic (exact) mass is 442 g/mol. The van der Waals surface area contributed by atoms with Gasteiger partial charge in [0.1, 0.15) is 0 Å². The number of hydrogen-bond acceptors (Lipinski definition) is 4. The average Bonchev–Trinajstić information content (AvgIpc) is 2.82. The lowest BCUT2D eigenvalue weighted by molar-refractivity contribution is 0.0517. The predicted octanol–water partition coefficient (Wildman–Crippen LogP) is 3.29. The van der Waals surface area contributed by atoms with E-state index in [1.54, 1.807) is 6.07 Å². The van der Waals surface area contributed by atoms with E-state index >= 15 is 0 Å². The van der Waals surface area contributed by atoms with Gasteiger partial charge in [0.15, 0.2) is 0 Å². The molecule has 2 saturated heterocycles. The highest BCUT2D eigenvalue weighted by molar-refractivity contribution is 5.99. The van der Waals surface area contributed by atoms with Gasteiger partial charge < -0.3 is 19.6 Å². The minimum Gasteiger partial charge on any atom is -0.338 e. The van der Waals surface area contributed by atoms with E-state index < -0.39 is 0 Å². The largest absolute Gasteiger partial charge is 0.338 e. The van der Waals surface area contributed by atoms with E-state index in [2.05, 4.69) is 37.5 Å². The molecule has 6 nitrogen and oxygen atoms in total. The molecule has 0 aromatic heterocycles. The lowest BCUT2D eigenvalue weighted by atomic mass is 9.91. The molecule has 2 fully saturated rings. The number of carbonyl (C=O) groups excluding carboxylic acids is 2. The first-order chi connectivity index (χ1) is 15.3. The molecule has 4 atom stereocenters. The van der Waals surface area contributed by atoms with E-state index in [9.17, 15) is 9.59 Å². The standard InChI is InChI=1S/C26H42N4O2/c1-7-29-14-12-23(19(3)17-29)27(5)25(31)21-10-9-11-22(16-21)26(32)28(6)24-13-15-30(8-2)18-20(24)4/h9-11,16,19-20,23-24H,7-8,12-15,17-18H2,1-6H3. The minimum absolute atomic E-state index is 0.00808. The topological polar surface area (TPSA) is 47.1 Å². The lowest BCUT2D eigenvalue weighted by Gasteiger charge is -2.41. The second kappa shape index (κ2) is 10.8. The maximum absolute atomic E-state index is 13.3. The van der Waals surface area contributed by atoms with Crippen molar-refractivity contribution >= 4 is 11.8 Å². The third kappa shape index (κ3) is 5.34. The summed E-state index contributed by atoms with van der Waals surface area (Å²) in [6.45, 7) is 15.1. The molecular formula is C26H42N4O2. The summed E-state index contributed by atoms with van der Waals surface area (Å²) in [4.78, 5) is 35.3. The summed E-state index contributed by atoms with van der Waals surface area (Å²) in [5.41, 5.74) is 1.21. The third-order valence-electron chi connectivity index (χ3n) is 7.77. The molecule has 2 amide bonds. The van der Waals surface area contributed by atoms with E-state index in [0.29, 0.717) is 23.0 Å². The molecule has 32 heavy (non-hydrogen) atoms. The Morgan fingerprint density at radius 1 is 0.844 bits per heavy atom. The highest BCUT2D eigenvalue weighted by atomic mass is 16.2. The van der Waals surface area contributed by atoms with Gasteiger partial charge >= 0.3 is 0 Å². The first kappa shape index (κ1) is 24.7. The van der Waals surface area contributed by atoms with Crippen molar-refractivity contribution in [2.24, 2.45) is 11.8 Å². The van der Waals surface area contributed by atoms with Gasteiger partial charge in [0.2, 0.25) is 0 Å². The van der Waals surface area contributed by atoms with Crippen molar-refractivity contribution in [3.05, 3.63) is 35.4 Å². The van der Waals surface area contributed by atoms with E-state index in [0.717, 1.165) is 52.1 Å². The smallest absolute Gasteiger partial charge is 0.253 e. The van der Waals surface area contributed by atoms with Gasteiger partial charge in [-0.05, 0) is 56.0 Å². The van der Waals surface area contributed by atoms with Crippen LogP contribution < -0.4 is 0 Å². The molecule has 178 valence electrons. The van der Waals surface area contributed by atoms with E-state index in [-0.39, 0.29) is 23.9 Å². The van der Waals surface area contributed by atoms with Gasteiger partial charge in [-0.25, -0.2) is 0 Å². The van der Waals surface area contributed by atoms with Crippen LogP contribution in [0.1, 0.15) is 61.3 Å². The number of likely N-dealkylation sites (tertiary alicyclic amines) is 2. The van der Waals surface area contributed by atoms with Crippen LogP contribution in [0.4, 0.5) is 0 Å². The zero-order valence-corrected chi connectivity index (χ0v) is 20.9. The molecule has 2 aliphatic heterocycles. The molecule has 0 aliphatic carbocycles. The van der Waals surface area contributed by atoms with Crippen LogP contribution in [0.25, 0.3) is 0 Å². The zero-order valence-electron chi connectivity index (χ0n) is 20.9. The number of amides is 2. The quantitative estimate of drug-likeness (QED) is 0.678. The Kier molecular flexibility index (Phi) is 8.34.